The Morgan fingerprint density at radius 3 is 3.00 bits per heavy atom. The highest BCUT2D eigenvalue weighted by Gasteiger charge is 2.20. The van der Waals surface area contributed by atoms with Crippen LogP contribution in [-0.4, -0.2) is 15.8 Å². The van der Waals surface area contributed by atoms with Crippen molar-refractivity contribution in [2.45, 2.75) is 25.4 Å². The molecule has 0 saturated heterocycles. The molecule has 1 aliphatic rings. The minimum atomic E-state index is -0.317. The molecular formula is C13H13ClFN3. The minimum Gasteiger partial charge on any atom is -0.308 e. The van der Waals surface area contributed by atoms with Crippen LogP contribution in [0.2, 0.25) is 5.02 Å². The molecule has 1 heterocycles. The van der Waals surface area contributed by atoms with Gasteiger partial charge in [0.05, 0.1) is 16.4 Å². The molecule has 5 heteroatoms. The van der Waals surface area contributed by atoms with Gasteiger partial charge in [-0.2, -0.15) is 5.10 Å². The summed E-state index contributed by atoms with van der Waals surface area (Å²) in [6, 6.07) is 6.82. The number of halogens is 2. The Bertz CT molecular complexity index is 563. The molecule has 1 aliphatic carbocycles. The summed E-state index contributed by atoms with van der Waals surface area (Å²) < 4.78 is 14.8. The molecule has 18 heavy (non-hydrogen) atoms. The van der Waals surface area contributed by atoms with E-state index >= 15 is 0 Å². The predicted molar refractivity (Wildman–Crippen MR) is 68.4 cm³/mol. The molecule has 2 aromatic rings. The van der Waals surface area contributed by atoms with E-state index in [0.29, 0.717) is 16.8 Å². The van der Waals surface area contributed by atoms with Gasteiger partial charge < -0.3 is 5.32 Å². The van der Waals surface area contributed by atoms with E-state index in [-0.39, 0.29) is 5.82 Å². The van der Waals surface area contributed by atoms with Gasteiger partial charge in [-0.1, -0.05) is 11.6 Å². The first-order valence-corrected chi connectivity index (χ1v) is 6.33. The lowest BCUT2D eigenvalue weighted by Gasteiger charge is -2.04. The lowest BCUT2D eigenvalue weighted by molar-refractivity contribution is 0.624. The van der Waals surface area contributed by atoms with Crippen molar-refractivity contribution >= 4 is 11.6 Å². The standard InChI is InChI=1S/C13H13ClFN3/c14-12-4-1-9(15)7-13(12)18-6-5-11(17-18)8-16-10-2-3-10/h1,4-7,10,16H,2-3,8H2. The van der Waals surface area contributed by atoms with E-state index in [0.717, 1.165) is 12.2 Å². The lowest BCUT2D eigenvalue weighted by atomic mass is 10.3. The maximum atomic E-state index is 13.2. The molecule has 94 valence electrons. The molecule has 3 rings (SSSR count). The van der Waals surface area contributed by atoms with Crippen molar-refractivity contribution in [3.8, 4) is 5.69 Å². The zero-order valence-corrected chi connectivity index (χ0v) is 10.5. The Balaban J connectivity index is 1.80. The summed E-state index contributed by atoms with van der Waals surface area (Å²) in [7, 11) is 0. The van der Waals surface area contributed by atoms with E-state index in [2.05, 4.69) is 10.4 Å². The molecule has 0 spiro atoms. The minimum absolute atomic E-state index is 0.317. The second kappa shape index (κ2) is 4.71. The zero-order valence-electron chi connectivity index (χ0n) is 9.74. The van der Waals surface area contributed by atoms with Crippen LogP contribution in [0, 0.1) is 5.82 Å². The molecule has 1 saturated carbocycles. The van der Waals surface area contributed by atoms with E-state index in [1.165, 1.54) is 31.0 Å². The average Bonchev–Trinajstić information content (AvgIpc) is 3.08. The summed E-state index contributed by atoms with van der Waals surface area (Å²) in [5.41, 5.74) is 1.50. The van der Waals surface area contributed by atoms with Gasteiger partial charge in [-0.3, -0.25) is 0 Å². The van der Waals surface area contributed by atoms with E-state index in [1.807, 2.05) is 6.07 Å². The number of hydrogen-bond donors (Lipinski definition) is 1. The number of nitrogens with zero attached hydrogens (tertiary/aromatic N) is 2. The molecule has 3 nitrogen and oxygen atoms in total. The molecule has 0 aliphatic heterocycles. The Hall–Kier alpha value is -1.39. The SMILES string of the molecule is Fc1ccc(Cl)c(-n2ccc(CNC3CC3)n2)c1. The van der Waals surface area contributed by atoms with Crippen LogP contribution in [0.3, 0.4) is 0 Å². The number of nitrogens with one attached hydrogen (secondary N) is 1. The van der Waals surface area contributed by atoms with Crippen molar-refractivity contribution in [1.29, 1.82) is 0 Å². The third-order valence-electron chi connectivity index (χ3n) is 2.95. The Morgan fingerprint density at radius 1 is 1.39 bits per heavy atom. The molecule has 1 fully saturated rings. The maximum Gasteiger partial charge on any atom is 0.125 e. The molecule has 0 unspecified atom stereocenters. The molecule has 1 N–H and O–H groups in total. The zero-order chi connectivity index (χ0) is 12.5. The van der Waals surface area contributed by atoms with Crippen LogP contribution in [-0.2, 0) is 6.54 Å². The first-order valence-electron chi connectivity index (χ1n) is 5.96. The fourth-order valence-electron chi connectivity index (χ4n) is 1.79. The van der Waals surface area contributed by atoms with Gasteiger partial charge in [0, 0.05) is 24.8 Å². The van der Waals surface area contributed by atoms with Crippen LogP contribution in [0.1, 0.15) is 18.5 Å². The normalized spacial score (nSPS) is 15.0. The Kier molecular flexibility index (Phi) is 3.06. The predicted octanol–water partition coefficient (Wildman–Crippen LogP) is 2.92. The van der Waals surface area contributed by atoms with Gasteiger partial charge in [0.25, 0.3) is 0 Å². The van der Waals surface area contributed by atoms with Crippen LogP contribution in [0.25, 0.3) is 5.69 Å². The van der Waals surface area contributed by atoms with E-state index in [4.69, 9.17) is 11.6 Å². The fourth-order valence-corrected chi connectivity index (χ4v) is 1.99. The second-order valence-corrected chi connectivity index (χ2v) is 4.91. The summed E-state index contributed by atoms with van der Waals surface area (Å²) in [6.07, 6.45) is 4.29. The molecule has 1 aromatic heterocycles. The highest BCUT2D eigenvalue weighted by Crippen LogP contribution is 2.22. The number of hydrogen-bond acceptors (Lipinski definition) is 2. The molecule has 0 atom stereocenters. The van der Waals surface area contributed by atoms with Gasteiger partial charge >= 0.3 is 0 Å². The first kappa shape index (κ1) is 11.7. The number of benzene rings is 1. The fraction of sp³-hybridized carbons (Fsp3) is 0.308. The quantitative estimate of drug-likeness (QED) is 0.921. The summed E-state index contributed by atoms with van der Waals surface area (Å²) in [5, 5.41) is 8.25. The largest absolute Gasteiger partial charge is 0.308 e. The average molecular weight is 266 g/mol. The number of aromatic nitrogens is 2. The smallest absolute Gasteiger partial charge is 0.125 e. The van der Waals surface area contributed by atoms with Gasteiger partial charge in [-0.05, 0) is 31.0 Å². The van der Waals surface area contributed by atoms with Gasteiger partial charge in [-0.25, -0.2) is 9.07 Å². The maximum absolute atomic E-state index is 13.2. The summed E-state index contributed by atoms with van der Waals surface area (Å²) in [6.45, 7) is 0.741. The monoisotopic (exact) mass is 265 g/mol. The second-order valence-electron chi connectivity index (χ2n) is 4.50. The molecule has 0 amide bonds. The van der Waals surface area contributed by atoms with Crippen molar-refractivity contribution in [3.05, 3.63) is 47.0 Å². The molecule has 0 bridgehead atoms. The number of rotatable bonds is 4. The van der Waals surface area contributed by atoms with Crippen molar-refractivity contribution in [1.82, 2.24) is 15.1 Å². The van der Waals surface area contributed by atoms with Gasteiger partial charge in [0.15, 0.2) is 0 Å². The lowest BCUT2D eigenvalue weighted by Crippen LogP contribution is -2.15. The van der Waals surface area contributed by atoms with Crippen LogP contribution >= 0.6 is 11.6 Å². The van der Waals surface area contributed by atoms with Crippen molar-refractivity contribution in [2.24, 2.45) is 0 Å². The Morgan fingerprint density at radius 2 is 2.22 bits per heavy atom. The topological polar surface area (TPSA) is 29.9 Å². The molecule has 0 radical (unpaired) electrons. The van der Waals surface area contributed by atoms with E-state index < -0.39 is 0 Å². The van der Waals surface area contributed by atoms with Crippen LogP contribution in [0.4, 0.5) is 4.39 Å². The van der Waals surface area contributed by atoms with Crippen molar-refractivity contribution in [3.63, 3.8) is 0 Å². The van der Waals surface area contributed by atoms with Gasteiger partial charge in [0.1, 0.15) is 5.82 Å². The highest BCUT2D eigenvalue weighted by molar-refractivity contribution is 6.32. The summed E-state index contributed by atoms with van der Waals surface area (Å²) in [4.78, 5) is 0. The van der Waals surface area contributed by atoms with Crippen LogP contribution in [0.15, 0.2) is 30.5 Å². The van der Waals surface area contributed by atoms with Crippen molar-refractivity contribution in [2.75, 3.05) is 0 Å². The third kappa shape index (κ3) is 2.54. The van der Waals surface area contributed by atoms with Gasteiger partial charge in [-0.15, -0.1) is 0 Å². The van der Waals surface area contributed by atoms with Crippen molar-refractivity contribution < 1.29 is 4.39 Å². The summed E-state index contributed by atoms with van der Waals surface area (Å²) >= 11 is 6.03. The third-order valence-corrected chi connectivity index (χ3v) is 3.27. The highest BCUT2D eigenvalue weighted by atomic mass is 35.5. The van der Waals surface area contributed by atoms with Crippen LogP contribution < -0.4 is 5.32 Å². The summed E-state index contributed by atoms with van der Waals surface area (Å²) in [5.74, 6) is -0.317. The van der Waals surface area contributed by atoms with E-state index in [9.17, 15) is 4.39 Å². The molecule has 1 aromatic carbocycles. The van der Waals surface area contributed by atoms with Gasteiger partial charge in [0.2, 0.25) is 0 Å². The van der Waals surface area contributed by atoms with Crippen LogP contribution in [0.5, 0.6) is 0 Å². The molecular weight excluding hydrogens is 253 g/mol. The van der Waals surface area contributed by atoms with E-state index in [1.54, 1.807) is 10.9 Å². The Labute approximate surface area is 110 Å². The first-order chi connectivity index (χ1) is 8.72.